The fourth-order valence-corrected chi connectivity index (χ4v) is 7.02. The Morgan fingerprint density at radius 1 is 0.571 bits per heavy atom. The number of fused-ring (bicyclic) bond motifs is 5. The molecule has 0 aromatic rings. The summed E-state index contributed by atoms with van der Waals surface area (Å²) in [6, 6.07) is 0. The van der Waals surface area contributed by atoms with Crippen LogP contribution in [0.15, 0.2) is 0 Å². The van der Waals surface area contributed by atoms with Crippen LogP contribution in [0.2, 0.25) is 0 Å². The molecule has 4 saturated carbocycles. The molecule has 8 atom stereocenters. The largest absolute Gasteiger partial charge is 0.378 e. The van der Waals surface area contributed by atoms with Gasteiger partial charge in [0.1, 0.15) is 0 Å². The third kappa shape index (κ3) is 2.20. The van der Waals surface area contributed by atoms with E-state index < -0.39 is 0 Å². The lowest BCUT2D eigenvalue weighted by Gasteiger charge is -2.57. The van der Waals surface area contributed by atoms with E-state index in [1.54, 1.807) is 0 Å². The van der Waals surface area contributed by atoms with Crippen molar-refractivity contribution in [3.8, 4) is 0 Å². The van der Waals surface area contributed by atoms with Crippen LogP contribution in [0, 0.1) is 35.5 Å². The van der Waals surface area contributed by atoms with Gasteiger partial charge in [-0.15, -0.1) is 0 Å². The van der Waals surface area contributed by atoms with Crippen molar-refractivity contribution < 1.29 is 9.47 Å². The van der Waals surface area contributed by atoms with Gasteiger partial charge in [0.15, 0.2) is 0 Å². The average Bonchev–Trinajstić information content (AvgIpc) is 3.01. The van der Waals surface area contributed by atoms with Gasteiger partial charge >= 0.3 is 0 Å². The molecule has 0 radical (unpaired) electrons. The Kier molecular flexibility index (Phi) is 4.04. The Morgan fingerprint density at radius 3 is 2.05 bits per heavy atom. The number of ether oxygens (including phenoxy) is 2. The van der Waals surface area contributed by atoms with Crippen molar-refractivity contribution in [3.63, 3.8) is 0 Å². The highest BCUT2D eigenvalue weighted by Crippen LogP contribution is 2.58. The normalized spacial score (nSPS) is 52.9. The van der Waals surface area contributed by atoms with Crippen LogP contribution in [0.3, 0.4) is 0 Å². The van der Waals surface area contributed by atoms with Crippen LogP contribution in [-0.4, -0.2) is 26.4 Å². The molecule has 120 valence electrons. The van der Waals surface area contributed by atoms with Gasteiger partial charge in [-0.25, -0.2) is 0 Å². The zero-order valence-electron chi connectivity index (χ0n) is 13.8. The quantitative estimate of drug-likeness (QED) is 0.756. The lowest BCUT2D eigenvalue weighted by molar-refractivity contribution is -0.188. The first-order valence-corrected chi connectivity index (χ1v) is 9.40. The lowest BCUT2D eigenvalue weighted by atomic mass is 9.52. The zero-order chi connectivity index (χ0) is 14.4. The monoisotopic (exact) mass is 292 g/mol. The Morgan fingerprint density at radius 2 is 1.29 bits per heavy atom. The summed E-state index contributed by atoms with van der Waals surface area (Å²) in [5, 5.41) is 0. The second-order valence-electron chi connectivity index (χ2n) is 8.19. The zero-order valence-corrected chi connectivity index (χ0v) is 13.8. The van der Waals surface area contributed by atoms with Crippen molar-refractivity contribution in [2.45, 2.75) is 70.0 Å². The molecule has 0 heterocycles. The van der Waals surface area contributed by atoms with Gasteiger partial charge in [0.2, 0.25) is 0 Å². The van der Waals surface area contributed by atoms with Gasteiger partial charge in [0, 0.05) is 14.2 Å². The minimum Gasteiger partial charge on any atom is -0.378 e. The number of methoxy groups -OCH3 is 2. The number of hydrogen-bond acceptors (Lipinski definition) is 2. The molecule has 2 nitrogen and oxygen atoms in total. The van der Waals surface area contributed by atoms with Crippen molar-refractivity contribution in [1.82, 2.24) is 0 Å². The molecule has 4 fully saturated rings. The highest BCUT2D eigenvalue weighted by atomic mass is 16.5. The van der Waals surface area contributed by atoms with E-state index in [0.717, 1.165) is 35.5 Å². The van der Waals surface area contributed by atoms with Gasteiger partial charge in [0.25, 0.3) is 0 Å². The molecule has 4 rings (SSSR count). The van der Waals surface area contributed by atoms with Gasteiger partial charge in [-0.05, 0) is 67.6 Å². The van der Waals surface area contributed by atoms with Gasteiger partial charge in [0.05, 0.1) is 12.2 Å². The highest BCUT2D eigenvalue weighted by Gasteiger charge is 2.56. The van der Waals surface area contributed by atoms with Crippen molar-refractivity contribution in [1.29, 1.82) is 0 Å². The molecule has 0 spiro atoms. The first-order chi connectivity index (χ1) is 10.3. The summed E-state index contributed by atoms with van der Waals surface area (Å²) >= 11 is 0. The third-order valence-corrected chi connectivity index (χ3v) is 7.67. The maximum Gasteiger partial charge on any atom is 0.0869 e. The van der Waals surface area contributed by atoms with Crippen LogP contribution in [0.4, 0.5) is 0 Å². The lowest BCUT2D eigenvalue weighted by Crippen LogP contribution is -2.58. The smallest absolute Gasteiger partial charge is 0.0869 e. The summed E-state index contributed by atoms with van der Waals surface area (Å²) in [5.74, 6) is 5.37. The standard InChI is InChI=1S/C19H32O2/c1-20-18-16-8-4-3-7-14(16)15-11-10-12-6-5-9-13(12)17(15)19(18)21-2/h12-19H,3-11H2,1-2H3. The predicted octanol–water partition coefficient (Wildman–Crippen LogP) is 4.28. The molecule has 4 aliphatic carbocycles. The summed E-state index contributed by atoms with van der Waals surface area (Å²) in [5.41, 5.74) is 0. The summed E-state index contributed by atoms with van der Waals surface area (Å²) in [6.45, 7) is 0. The van der Waals surface area contributed by atoms with E-state index in [-0.39, 0.29) is 0 Å². The van der Waals surface area contributed by atoms with Crippen molar-refractivity contribution in [2.24, 2.45) is 35.5 Å². The molecule has 0 N–H and O–H groups in total. The summed E-state index contributed by atoms with van der Waals surface area (Å²) in [4.78, 5) is 0. The molecular weight excluding hydrogens is 260 g/mol. The average molecular weight is 292 g/mol. The molecular formula is C19H32O2. The first kappa shape index (κ1) is 14.5. The van der Waals surface area contributed by atoms with Crippen molar-refractivity contribution in [3.05, 3.63) is 0 Å². The SMILES string of the molecule is COC1C2CCCCC2C2CCC3CCCC3C2C1OC. The van der Waals surface area contributed by atoms with Crippen LogP contribution in [0.25, 0.3) is 0 Å². The fraction of sp³-hybridized carbons (Fsp3) is 1.00. The molecule has 0 aromatic carbocycles. The third-order valence-electron chi connectivity index (χ3n) is 7.67. The number of rotatable bonds is 2. The van der Waals surface area contributed by atoms with E-state index >= 15 is 0 Å². The minimum atomic E-state index is 0.362. The van der Waals surface area contributed by atoms with E-state index in [2.05, 4.69) is 0 Å². The van der Waals surface area contributed by atoms with E-state index in [1.165, 1.54) is 57.8 Å². The van der Waals surface area contributed by atoms with Crippen LogP contribution in [0.5, 0.6) is 0 Å². The molecule has 0 saturated heterocycles. The maximum absolute atomic E-state index is 6.10. The Labute approximate surface area is 130 Å². The molecule has 0 bridgehead atoms. The fourth-order valence-electron chi connectivity index (χ4n) is 7.02. The Bertz CT molecular complexity index is 361. The number of hydrogen-bond donors (Lipinski definition) is 0. The van der Waals surface area contributed by atoms with Crippen LogP contribution in [-0.2, 0) is 9.47 Å². The summed E-state index contributed by atoms with van der Waals surface area (Å²) in [7, 11) is 3.87. The minimum absolute atomic E-state index is 0.362. The van der Waals surface area contributed by atoms with Crippen LogP contribution < -0.4 is 0 Å². The van der Waals surface area contributed by atoms with E-state index in [0.29, 0.717) is 12.2 Å². The molecule has 2 heteroatoms. The van der Waals surface area contributed by atoms with Gasteiger partial charge in [-0.3, -0.25) is 0 Å². The van der Waals surface area contributed by atoms with Crippen LogP contribution >= 0.6 is 0 Å². The second-order valence-corrected chi connectivity index (χ2v) is 8.19. The van der Waals surface area contributed by atoms with Crippen LogP contribution in [0.1, 0.15) is 57.8 Å². The molecule has 21 heavy (non-hydrogen) atoms. The van der Waals surface area contributed by atoms with Gasteiger partial charge in [-0.2, -0.15) is 0 Å². The predicted molar refractivity (Wildman–Crippen MR) is 84.1 cm³/mol. The van der Waals surface area contributed by atoms with Crippen molar-refractivity contribution >= 4 is 0 Å². The molecule has 0 aliphatic heterocycles. The molecule has 0 amide bonds. The summed E-state index contributed by atoms with van der Waals surface area (Å²) < 4.78 is 12.1. The summed E-state index contributed by atoms with van der Waals surface area (Å²) in [6.07, 6.45) is 13.8. The molecule has 0 aromatic heterocycles. The van der Waals surface area contributed by atoms with Gasteiger partial charge in [-0.1, -0.05) is 25.7 Å². The molecule has 8 unspecified atom stereocenters. The van der Waals surface area contributed by atoms with Crippen molar-refractivity contribution in [2.75, 3.05) is 14.2 Å². The maximum atomic E-state index is 6.10. The Balaban J connectivity index is 1.67. The van der Waals surface area contributed by atoms with Gasteiger partial charge < -0.3 is 9.47 Å². The van der Waals surface area contributed by atoms with E-state index in [4.69, 9.17) is 9.47 Å². The topological polar surface area (TPSA) is 18.5 Å². The highest BCUT2D eigenvalue weighted by molar-refractivity contribution is 5.05. The van der Waals surface area contributed by atoms with E-state index in [1.807, 2.05) is 14.2 Å². The first-order valence-electron chi connectivity index (χ1n) is 9.40. The van der Waals surface area contributed by atoms with E-state index in [9.17, 15) is 0 Å². The molecule has 4 aliphatic rings. The Hall–Kier alpha value is -0.0800. The second kappa shape index (κ2) is 5.85.